The molecule has 26 heavy (non-hydrogen) atoms. The van der Waals surface area contributed by atoms with Crippen LogP contribution in [0.1, 0.15) is 5.56 Å². The van der Waals surface area contributed by atoms with Gasteiger partial charge in [0.1, 0.15) is 12.4 Å². The zero-order valence-electron chi connectivity index (χ0n) is 13.9. The molecular weight excluding hydrogens is 335 g/mol. The van der Waals surface area contributed by atoms with Gasteiger partial charge in [0.15, 0.2) is 0 Å². The second-order valence-corrected chi connectivity index (χ2v) is 5.68. The Bertz CT molecular complexity index is 940. The highest BCUT2D eigenvalue weighted by Crippen LogP contribution is 2.12. The van der Waals surface area contributed by atoms with E-state index < -0.39 is 0 Å². The van der Waals surface area contributed by atoms with Gasteiger partial charge >= 0.3 is 0 Å². The molecule has 0 bridgehead atoms. The van der Waals surface area contributed by atoms with Crippen LogP contribution >= 0.6 is 0 Å². The number of hydrogen-bond acceptors (Lipinski definition) is 4. The van der Waals surface area contributed by atoms with Gasteiger partial charge in [0.25, 0.3) is 5.56 Å². The zero-order chi connectivity index (χ0) is 18.4. The molecule has 0 atom stereocenters. The van der Waals surface area contributed by atoms with Crippen molar-refractivity contribution in [3.63, 3.8) is 0 Å². The summed E-state index contributed by atoms with van der Waals surface area (Å²) in [4.78, 5) is 28.0. The molecule has 3 rings (SSSR count). The number of nitrogens with zero attached hydrogens (tertiary/aromatic N) is 3. The van der Waals surface area contributed by atoms with E-state index in [1.165, 1.54) is 18.2 Å². The fourth-order valence-electron chi connectivity index (χ4n) is 2.42. The van der Waals surface area contributed by atoms with Crippen LogP contribution < -0.4 is 10.9 Å². The monoisotopic (exact) mass is 352 g/mol. The van der Waals surface area contributed by atoms with E-state index in [4.69, 9.17) is 0 Å². The van der Waals surface area contributed by atoms with Crippen LogP contribution in [-0.4, -0.2) is 27.2 Å². The number of rotatable bonds is 6. The first kappa shape index (κ1) is 17.5. The Kier molecular flexibility index (Phi) is 5.48. The third-order valence-corrected chi connectivity index (χ3v) is 3.77. The van der Waals surface area contributed by atoms with Crippen LogP contribution in [0.3, 0.4) is 0 Å². The molecule has 0 spiro atoms. The maximum atomic E-state index is 12.9. The van der Waals surface area contributed by atoms with E-state index in [1.807, 2.05) is 6.07 Å². The van der Waals surface area contributed by atoms with Crippen molar-refractivity contribution in [2.24, 2.45) is 0 Å². The first-order valence-electron chi connectivity index (χ1n) is 8.11. The predicted octanol–water partition coefficient (Wildman–Crippen LogP) is 1.80. The number of benzene rings is 1. The SMILES string of the molecule is O=C(Cn1nc(-c2cccnc2)ccc1=O)NCCc1ccc(F)cc1. The maximum Gasteiger partial charge on any atom is 0.267 e. The Balaban J connectivity index is 1.60. The second kappa shape index (κ2) is 8.15. The summed E-state index contributed by atoms with van der Waals surface area (Å²) in [5.74, 6) is -0.609. The summed E-state index contributed by atoms with van der Waals surface area (Å²) in [6.45, 7) is 0.220. The van der Waals surface area contributed by atoms with Gasteiger partial charge in [-0.2, -0.15) is 5.10 Å². The van der Waals surface area contributed by atoms with E-state index >= 15 is 0 Å². The van der Waals surface area contributed by atoms with Gasteiger partial charge in [-0.15, -0.1) is 0 Å². The molecule has 0 saturated heterocycles. The molecule has 2 heterocycles. The summed E-state index contributed by atoms with van der Waals surface area (Å²) in [5, 5.41) is 6.96. The fraction of sp³-hybridized carbons (Fsp3) is 0.158. The highest BCUT2D eigenvalue weighted by atomic mass is 19.1. The minimum atomic E-state index is -0.355. The molecule has 6 nitrogen and oxygen atoms in total. The molecule has 0 aliphatic heterocycles. The van der Waals surface area contributed by atoms with Gasteiger partial charge < -0.3 is 5.32 Å². The Morgan fingerprint density at radius 1 is 1.12 bits per heavy atom. The molecule has 1 amide bonds. The van der Waals surface area contributed by atoms with E-state index in [2.05, 4.69) is 15.4 Å². The summed E-state index contributed by atoms with van der Waals surface area (Å²) >= 11 is 0. The molecule has 2 aromatic heterocycles. The van der Waals surface area contributed by atoms with Gasteiger partial charge in [-0.3, -0.25) is 14.6 Å². The van der Waals surface area contributed by atoms with Crippen LogP contribution in [0.2, 0.25) is 0 Å². The highest BCUT2D eigenvalue weighted by Gasteiger charge is 2.08. The Labute approximate surface area is 149 Å². The van der Waals surface area contributed by atoms with Crippen LogP contribution in [0, 0.1) is 5.82 Å². The van der Waals surface area contributed by atoms with Gasteiger partial charge in [0.05, 0.1) is 5.69 Å². The largest absolute Gasteiger partial charge is 0.354 e. The van der Waals surface area contributed by atoms with E-state index in [1.54, 1.807) is 36.7 Å². The van der Waals surface area contributed by atoms with Crippen molar-refractivity contribution < 1.29 is 9.18 Å². The average Bonchev–Trinajstić information content (AvgIpc) is 2.66. The molecule has 0 fully saturated rings. The van der Waals surface area contributed by atoms with Crippen LogP contribution in [0.4, 0.5) is 4.39 Å². The lowest BCUT2D eigenvalue weighted by Gasteiger charge is -2.08. The van der Waals surface area contributed by atoms with Gasteiger partial charge in [-0.25, -0.2) is 9.07 Å². The zero-order valence-corrected chi connectivity index (χ0v) is 13.9. The summed E-state index contributed by atoms with van der Waals surface area (Å²) < 4.78 is 14.0. The van der Waals surface area contributed by atoms with E-state index in [0.717, 1.165) is 15.8 Å². The smallest absolute Gasteiger partial charge is 0.267 e. The fourth-order valence-corrected chi connectivity index (χ4v) is 2.42. The van der Waals surface area contributed by atoms with Crippen molar-refractivity contribution in [1.29, 1.82) is 0 Å². The average molecular weight is 352 g/mol. The minimum absolute atomic E-state index is 0.170. The molecular formula is C19H17FN4O2. The topological polar surface area (TPSA) is 76.9 Å². The third-order valence-electron chi connectivity index (χ3n) is 3.77. The summed E-state index contributed by atoms with van der Waals surface area (Å²) in [5.41, 5.74) is 1.89. The molecule has 1 aromatic carbocycles. The number of amides is 1. The van der Waals surface area contributed by atoms with Crippen LogP contribution in [0.5, 0.6) is 0 Å². The maximum absolute atomic E-state index is 12.9. The van der Waals surface area contributed by atoms with Gasteiger partial charge in [-0.1, -0.05) is 12.1 Å². The van der Waals surface area contributed by atoms with Gasteiger partial charge in [0.2, 0.25) is 5.91 Å². The Morgan fingerprint density at radius 2 is 1.92 bits per heavy atom. The summed E-state index contributed by atoms with van der Waals surface area (Å²) in [7, 11) is 0. The molecule has 0 radical (unpaired) electrons. The third kappa shape index (κ3) is 4.60. The number of nitrogens with one attached hydrogen (secondary N) is 1. The summed E-state index contributed by atoms with van der Waals surface area (Å²) in [6, 6.07) is 12.7. The van der Waals surface area contributed by atoms with Crippen molar-refractivity contribution in [3.8, 4) is 11.3 Å². The molecule has 3 aromatic rings. The first-order chi connectivity index (χ1) is 12.6. The second-order valence-electron chi connectivity index (χ2n) is 5.68. The van der Waals surface area contributed by atoms with Crippen molar-refractivity contribution in [3.05, 3.63) is 82.7 Å². The van der Waals surface area contributed by atoms with E-state index in [-0.39, 0.29) is 23.8 Å². The lowest BCUT2D eigenvalue weighted by Crippen LogP contribution is -2.34. The molecule has 0 aliphatic rings. The standard InChI is InChI=1S/C19H17FN4O2/c20-16-5-3-14(4-6-16)9-11-22-18(25)13-24-19(26)8-7-17(23-24)15-2-1-10-21-12-15/h1-8,10,12H,9,11,13H2,(H,22,25). The Hall–Kier alpha value is -3.35. The van der Waals surface area contributed by atoms with E-state index in [0.29, 0.717) is 18.7 Å². The molecule has 7 heteroatoms. The number of aromatic nitrogens is 3. The molecule has 0 unspecified atom stereocenters. The lowest BCUT2D eigenvalue weighted by molar-refractivity contribution is -0.121. The van der Waals surface area contributed by atoms with Gasteiger partial charge in [0, 0.05) is 30.6 Å². The number of pyridine rings is 1. The molecule has 0 saturated carbocycles. The van der Waals surface area contributed by atoms with E-state index in [9.17, 15) is 14.0 Å². The quantitative estimate of drug-likeness (QED) is 0.734. The molecule has 132 valence electrons. The minimum Gasteiger partial charge on any atom is -0.354 e. The molecule has 0 aliphatic carbocycles. The number of halogens is 1. The van der Waals surface area contributed by atoms with Crippen molar-refractivity contribution in [2.75, 3.05) is 6.54 Å². The van der Waals surface area contributed by atoms with Crippen LogP contribution in [0.25, 0.3) is 11.3 Å². The van der Waals surface area contributed by atoms with Gasteiger partial charge in [-0.05, 0) is 42.3 Å². The normalized spacial score (nSPS) is 10.5. The van der Waals surface area contributed by atoms with Crippen LogP contribution in [0.15, 0.2) is 65.7 Å². The van der Waals surface area contributed by atoms with Crippen LogP contribution in [-0.2, 0) is 17.8 Å². The van der Waals surface area contributed by atoms with Crippen molar-refractivity contribution in [1.82, 2.24) is 20.1 Å². The number of hydrogen-bond donors (Lipinski definition) is 1. The van der Waals surface area contributed by atoms with Crippen molar-refractivity contribution in [2.45, 2.75) is 13.0 Å². The number of carbonyl (C=O) groups is 1. The highest BCUT2D eigenvalue weighted by molar-refractivity contribution is 5.75. The van der Waals surface area contributed by atoms with Crippen molar-refractivity contribution >= 4 is 5.91 Å². The molecule has 1 N–H and O–H groups in total. The summed E-state index contributed by atoms with van der Waals surface area (Å²) in [6.07, 6.45) is 3.86. The Morgan fingerprint density at radius 3 is 2.65 bits per heavy atom. The lowest BCUT2D eigenvalue weighted by atomic mass is 10.1. The first-order valence-corrected chi connectivity index (χ1v) is 8.11. The predicted molar refractivity (Wildman–Crippen MR) is 94.8 cm³/mol. The number of carbonyl (C=O) groups excluding carboxylic acids is 1.